The molecule has 3 rings (SSSR count). The second-order valence-corrected chi connectivity index (χ2v) is 9.84. The Balaban J connectivity index is 2.39. The lowest BCUT2D eigenvalue weighted by atomic mass is 9.69. The Morgan fingerprint density at radius 2 is 0.553 bits per heavy atom. The number of rotatable bonds is 15. The third-order valence-electron chi connectivity index (χ3n) is 6.76. The van der Waals surface area contributed by atoms with Gasteiger partial charge in [0.1, 0.15) is 0 Å². The maximum Gasteiger partial charge on any atom is 0.0713 e. The molecule has 3 aromatic carbocycles. The summed E-state index contributed by atoms with van der Waals surface area (Å²) in [4.78, 5) is 0. The lowest BCUT2D eigenvalue weighted by Crippen LogP contribution is -2.27. The van der Waals surface area contributed by atoms with Crippen LogP contribution in [0.25, 0.3) is 0 Å². The van der Waals surface area contributed by atoms with E-state index in [1.807, 2.05) is 0 Å². The summed E-state index contributed by atoms with van der Waals surface area (Å²) in [5.41, 5.74) is 9.50. The molecule has 0 aliphatic heterocycles. The zero-order valence-corrected chi connectivity index (χ0v) is 23.9. The highest BCUT2D eigenvalue weighted by atomic mass is 16.5. The Labute approximate surface area is 227 Å². The van der Waals surface area contributed by atoms with Gasteiger partial charge in [0.2, 0.25) is 0 Å². The van der Waals surface area contributed by atoms with Crippen molar-refractivity contribution in [1.82, 2.24) is 0 Å². The molecule has 0 radical (unpaired) electrons. The minimum atomic E-state index is -0.523. The summed E-state index contributed by atoms with van der Waals surface area (Å²) in [7, 11) is 10.3. The summed E-state index contributed by atoms with van der Waals surface area (Å²) in [6.07, 6.45) is 0. The van der Waals surface area contributed by atoms with Gasteiger partial charge < -0.3 is 28.4 Å². The third kappa shape index (κ3) is 7.29. The smallest absolute Gasteiger partial charge is 0.0713 e. The number of hydrogen-bond donors (Lipinski definition) is 0. The topological polar surface area (TPSA) is 55.4 Å². The van der Waals surface area contributed by atoms with E-state index in [4.69, 9.17) is 28.4 Å². The highest BCUT2D eigenvalue weighted by Crippen LogP contribution is 2.42. The van der Waals surface area contributed by atoms with Crippen LogP contribution in [0.5, 0.6) is 0 Å². The van der Waals surface area contributed by atoms with Gasteiger partial charge in [-0.25, -0.2) is 0 Å². The monoisotopic (exact) mass is 522 g/mol. The Hall–Kier alpha value is -2.58. The van der Waals surface area contributed by atoms with Gasteiger partial charge in [-0.05, 0) is 57.0 Å². The van der Waals surface area contributed by atoms with E-state index >= 15 is 0 Å². The fourth-order valence-electron chi connectivity index (χ4n) is 5.15. The van der Waals surface area contributed by atoms with E-state index in [0.717, 1.165) is 50.1 Å². The average Bonchev–Trinajstić information content (AvgIpc) is 2.89. The highest BCUT2D eigenvalue weighted by molar-refractivity contribution is 5.54. The summed E-state index contributed by atoms with van der Waals surface area (Å²) >= 11 is 0. The fraction of sp³-hybridized carbons (Fsp3) is 0.438. The van der Waals surface area contributed by atoms with Crippen LogP contribution in [0.3, 0.4) is 0 Å². The van der Waals surface area contributed by atoms with Crippen LogP contribution in [0.2, 0.25) is 0 Å². The largest absolute Gasteiger partial charge is 0.380 e. The molecule has 0 aliphatic carbocycles. The molecular formula is C32H42O6. The van der Waals surface area contributed by atoms with Crippen molar-refractivity contribution in [3.63, 3.8) is 0 Å². The molecule has 0 N–H and O–H groups in total. The first-order valence-corrected chi connectivity index (χ1v) is 12.7. The summed E-state index contributed by atoms with van der Waals surface area (Å²) in [5.74, 6) is 0. The van der Waals surface area contributed by atoms with E-state index in [2.05, 4.69) is 61.5 Å². The van der Waals surface area contributed by atoms with Crippen LogP contribution < -0.4 is 0 Å². The predicted octanol–water partition coefficient (Wildman–Crippen LogP) is 5.92. The number of benzene rings is 3. The first kappa shape index (κ1) is 30.0. The lowest BCUT2D eigenvalue weighted by Gasteiger charge is -2.34. The minimum absolute atomic E-state index is 0.512. The van der Waals surface area contributed by atoms with Gasteiger partial charge in [-0.3, -0.25) is 0 Å². The second kappa shape index (κ2) is 14.5. The Morgan fingerprint density at radius 1 is 0.368 bits per heavy atom. The molecule has 0 atom stereocenters. The highest BCUT2D eigenvalue weighted by Gasteiger charge is 2.33. The van der Waals surface area contributed by atoms with Gasteiger partial charge >= 0.3 is 0 Å². The van der Waals surface area contributed by atoms with Crippen LogP contribution in [-0.2, 0) is 73.5 Å². The van der Waals surface area contributed by atoms with E-state index in [1.54, 1.807) is 42.7 Å². The van der Waals surface area contributed by atoms with Crippen LogP contribution in [0.4, 0.5) is 0 Å². The number of ether oxygens (including phenoxy) is 6. The van der Waals surface area contributed by atoms with Crippen molar-refractivity contribution >= 4 is 0 Å². The van der Waals surface area contributed by atoms with Crippen molar-refractivity contribution in [2.45, 2.75) is 52.0 Å². The van der Waals surface area contributed by atoms with Gasteiger partial charge in [0.05, 0.1) is 39.6 Å². The van der Waals surface area contributed by atoms with E-state index in [9.17, 15) is 0 Å². The maximum absolute atomic E-state index is 5.54. The van der Waals surface area contributed by atoms with E-state index < -0.39 is 5.41 Å². The molecule has 38 heavy (non-hydrogen) atoms. The zero-order valence-electron chi connectivity index (χ0n) is 23.9. The van der Waals surface area contributed by atoms with Crippen LogP contribution in [0.1, 0.15) is 57.0 Å². The molecule has 3 aromatic rings. The van der Waals surface area contributed by atoms with Crippen LogP contribution >= 0.6 is 0 Å². The van der Waals surface area contributed by atoms with E-state index in [-0.39, 0.29) is 0 Å². The Kier molecular flexibility index (Phi) is 11.5. The molecule has 0 spiro atoms. The molecule has 0 fully saturated rings. The molecule has 0 bridgehead atoms. The summed E-state index contributed by atoms with van der Waals surface area (Å²) in [5, 5.41) is 0. The van der Waals surface area contributed by atoms with Crippen molar-refractivity contribution in [2.24, 2.45) is 0 Å². The normalized spacial score (nSPS) is 11.8. The molecule has 0 aromatic heterocycles. The van der Waals surface area contributed by atoms with Crippen molar-refractivity contribution in [3.05, 3.63) is 105 Å². The Bertz CT molecular complexity index is 956. The van der Waals surface area contributed by atoms with Crippen molar-refractivity contribution in [3.8, 4) is 0 Å². The molecule has 0 aliphatic rings. The second-order valence-electron chi connectivity index (χ2n) is 9.84. The van der Waals surface area contributed by atoms with Gasteiger partial charge in [0.15, 0.2) is 0 Å². The van der Waals surface area contributed by atoms with Crippen molar-refractivity contribution in [2.75, 3.05) is 42.7 Å². The molecule has 6 heteroatoms. The SMILES string of the molecule is COCc1cc(COC)cc(C(C)(c2cc(COC)cc(COC)c2)c2cc(COC)cc(COC)c2)c1. The van der Waals surface area contributed by atoms with E-state index in [0.29, 0.717) is 39.6 Å². The molecule has 206 valence electrons. The van der Waals surface area contributed by atoms with Crippen molar-refractivity contribution < 1.29 is 28.4 Å². The number of methoxy groups -OCH3 is 6. The summed E-state index contributed by atoms with van der Waals surface area (Å²) in [6.45, 7) is 5.35. The minimum Gasteiger partial charge on any atom is -0.380 e. The number of hydrogen-bond acceptors (Lipinski definition) is 6. The van der Waals surface area contributed by atoms with Crippen LogP contribution in [-0.4, -0.2) is 42.7 Å². The van der Waals surface area contributed by atoms with Gasteiger partial charge in [-0.15, -0.1) is 0 Å². The summed E-state index contributed by atoms with van der Waals surface area (Å²) in [6, 6.07) is 19.9. The molecule has 0 saturated heterocycles. The predicted molar refractivity (Wildman–Crippen MR) is 149 cm³/mol. The van der Waals surface area contributed by atoms with Crippen LogP contribution in [0.15, 0.2) is 54.6 Å². The molecule has 6 nitrogen and oxygen atoms in total. The maximum atomic E-state index is 5.54. The Morgan fingerprint density at radius 3 is 0.711 bits per heavy atom. The van der Waals surface area contributed by atoms with Gasteiger partial charge in [0.25, 0.3) is 0 Å². The van der Waals surface area contributed by atoms with E-state index in [1.165, 1.54) is 0 Å². The molecular weight excluding hydrogens is 480 g/mol. The molecule has 0 amide bonds. The van der Waals surface area contributed by atoms with Gasteiger partial charge in [0, 0.05) is 48.1 Å². The lowest BCUT2D eigenvalue weighted by molar-refractivity contribution is 0.179. The molecule has 0 heterocycles. The van der Waals surface area contributed by atoms with Crippen LogP contribution in [0, 0.1) is 0 Å². The fourth-order valence-corrected chi connectivity index (χ4v) is 5.15. The van der Waals surface area contributed by atoms with Crippen molar-refractivity contribution in [1.29, 1.82) is 0 Å². The molecule has 0 unspecified atom stereocenters. The average molecular weight is 523 g/mol. The first-order valence-electron chi connectivity index (χ1n) is 12.7. The van der Waals surface area contributed by atoms with Gasteiger partial charge in [-0.2, -0.15) is 0 Å². The van der Waals surface area contributed by atoms with Gasteiger partial charge in [-0.1, -0.05) is 54.6 Å². The molecule has 0 saturated carbocycles. The summed E-state index contributed by atoms with van der Waals surface area (Å²) < 4.78 is 33.2. The first-order chi connectivity index (χ1) is 18.4. The third-order valence-corrected chi connectivity index (χ3v) is 6.76. The quantitative estimate of drug-likeness (QED) is 0.231. The zero-order chi connectivity index (χ0) is 27.5. The standard InChI is InChI=1S/C32H42O6/c1-32(29-11-23(17-33-2)8-24(12-29)18-34-3,30-13-25(19-35-4)9-26(14-30)20-36-5)31-15-27(21-37-6)10-28(16-31)22-38-7/h8-16H,17-22H2,1-7H3.